The number of halogens is 1. The maximum atomic E-state index is 14.5. The van der Waals surface area contributed by atoms with Gasteiger partial charge in [0.15, 0.2) is 9.84 Å². The lowest BCUT2D eigenvalue weighted by Crippen LogP contribution is -2.58. The number of hydrogen-bond donors (Lipinski definition) is 0. The molecule has 4 fully saturated rings. The van der Waals surface area contributed by atoms with Gasteiger partial charge in [0.2, 0.25) is 5.00 Å². The lowest BCUT2D eigenvalue weighted by molar-refractivity contribution is 0.0311. The molecule has 4 rings (SSSR count). The summed E-state index contributed by atoms with van der Waals surface area (Å²) in [5, 5.41) is -2.04. The van der Waals surface area contributed by atoms with Crippen LogP contribution in [0.4, 0.5) is 4.39 Å². The summed E-state index contributed by atoms with van der Waals surface area (Å²) in [5.74, 6) is 1.62. The summed E-state index contributed by atoms with van der Waals surface area (Å²) in [4.78, 5) is 0. The molecule has 0 aliphatic heterocycles. The lowest BCUT2D eigenvalue weighted by Gasteiger charge is -2.56. The Hall–Kier alpha value is -0.120. The van der Waals surface area contributed by atoms with Crippen molar-refractivity contribution in [1.82, 2.24) is 0 Å². The summed E-state index contributed by atoms with van der Waals surface area (Å²) in [5.41, 5.74) is 0. The second kappa shape index (κ2) is 3.71. The highest BCUT2D eigenvalue weighted by atomic mass is 32.2. The molecule has 4 aliphatic rings. The molecular weight excluding hydrogens is 251 g/mol. The number of alkyl halides is 1. The second-order valence-electron chi connectivity index (χ2n) is 7.06. The second-order valence-corrected chi connectivity index (χ2v) is 9.78. The fourth-order valence-corrected chi connectivity index (χ4v) is 7.65. The Morgan fingerprint density at radius 1 is 1.11 bits per heavy atom. The van der Waals surface area contributed by atoms with E-state index in [0.29, 0.717) is 17.8 Å². The molecule has 0 radical (unpaired) electrons. The molecule has 0 N–H and O–H groups in total. The van der Waals surface area contributed by atoms with E-state index in [9.17, 15) is 12.8 Å². The maximum Gasteiger partial charge on any atom is 0.208 e. The Bertz CT molecular complexity index is 417. The van der Waals surface area contributed by atoms with Crippen molar-refractivity contribution in [2.45, 2.75) is 68.5 Å². The third kappa shape index (κ3) is 1.53. The van der Waals surface area contributed by atoms with Crippen molar-refractivity contribution in [3.8, 4) is 0 Å². The molecule has 4 saturated carbocycles. The predicted molar refractivity (Wildman–Crippen MR) is 69.6 cm³/mol. The Kier molecular flexibility index (Phi) is 2.66. The van der Waals surface area contributed by atoms with Gasteiger partial charge in [0.25, 0.3) is 0 Å². The van der Waals surface area contributed by atoms with Crippen LogP contribution in [0, 0.1) is 17.8 Å². The van der Waals surface area contributed by atoms with Crippen LogP contribution >= 0.6 is 0 Å². The van der Waals surface area contributed by atoms with Crippen LogP contribution in [-0.2, 0) is 9.84 Å². The molecule has 0 aromatic rings. The maximum absolute atomic E-state index is 14.5. The molecule has 0 amide bonds. The van der Waals surface area contributed by atoms with Crippen molar-refractivity contribution in [2.24, 2.45) is 17.8 Å². The topological polar surface area (TPSA) is 34.1 Å². The SMILES string of the molecule is CCC(C)(F)S(=O)(=O)C12CC3CC(CC(C3)C1)C2. The first-order valence-corrected chi connectivity index (χ1v) is 8.71. The molecule has 1 atom stereocenters. The minimum atomic E-state index is -3.67. The molecule has 0 aromatic heterocycles. The minimum absolute atomic E-state index is 0.0666. The Balaban J connectivity index is 2.01. The molecule has 0 heterocycles. The van der Waals surface area contributed by atoms with Gasteiger partial charge < -0.3 is 0 Å². The third-order valence-electron chi connectivity index (χ3n) is 5.74. The van der Waals surface area contributed by atoms with Crippen LogP contribution in [0.25, 0.3) is 0 Å². The molecule has 4 aliphatic carbocycles. The summed E-state index contributed by atoms with van der Waals surface area (Å²) < 4.78 is 39.3. The van der Waals surface area contributed by atoms with Gasteiger partial charge in [-0.25, -0.2) is 12.8 Å². The summed E-state index contributed by atoms with van der Waals surface area (Å²) in [6, 6.07) is 0. The number of rotatable bonds is 3. The Morgan fingerprint density at radius 3 is 1.83 bits per heavy atom. The fourth-order valence-electron chi connectivity index (χ4n) is 5.00. The zero-order valence-corrected chi connectivity index (χ0v) is 12.1. The van der Waals surface area contributed by atoms with Crippen molar-refractivity contribution in [3.63, 3.8) is 0 Å². The minimum Gasteiger partial charge on any atom is -0.227 e. The van der Waals surface area contributed by atoms with Crippen LogP contribution in [0.5, 0.6) is 0 Å². The number of sulfone groups is 1. The first-order chi connectivity index (χ1) is 8.30. The first-order valence-electron chi connectivity index (χ1n) is 7.23. The van der Waals surface area contributed by atoms with E-state index in [1.165, 1.54) is 26.2 Å². The zero-order valence-electron chi connectivity index (χ0n) is 11.3. The number of hydrogen-bond acceptors (Lipinski definition) is 2. The molecular formula is C14H23FO2S. The van der Waals surface area contributed by atoms with Crippen LogP contribution < -0.4 is 0 Å². The van der Waals surface area contributed by atoms with Crippen LogP contribution in [0.2, 0.25) is 0 Å². The molecule has 2 nitrogen and oxygen atoms in total. The van der Waals surface area contributed by atoms with E-state index in [2.05, 4.69) is 0 Å². The lowest BCUT2D eigenvalue weighted by atomic mass is 9.56. The highest BCUT2D eigenvalue weighted by Crippen LogP contribution is 2.60. The molecule has 4 heteroatoms. The molecule has 18 heavy (non-hydrogen) atoms. The third-order valence-corrected chi connectivity index (χ3v) is 8.79. The van der Waals surface area contributed by atoms with Crippen LogP contribution in [0.1, 0.15) is 58.8 Å². The quantitative estimate of drug-likeness (QED) is 0.789. The van der Waals surface area contributed by atoms with Gasteiger partial charge in [0, 0.05) is 0 Å². The van der Waals surface area contributed by atoms with Gasteiger partial charge in [-0.1, -0.05) is 6.92 Å². The van der Waals surface area contributed by atoms with Crippen molar-refractivity contribution in [2.75, 3.05) is 0 Å². The van der Waals surface area contributed by atoms with Crippen molar-refractivity contribution >= 4 is 9.84 Å². The summed E-state index contributed by atoms with van der Waals surface area (Å²) in [7, 11) is -3.67. The smallest absolute Gasteiger partial charge is 0.208 e. The van der Waals surface area contributed by atoms with Gasteiger partial charge in [-0.05, 0) is 69.6 Å². The van der Waals surface area contributed by atoms with E-state index in [-0.39, 0.29) is 6.42 Å². The van der Waals surface area contributed by atoms with Gasteiger partial charge >= 0.3 is 0 Å². The van der Waals surface area contributed by atoms with Crippen molar-refractivity contribution < 1.29 is 12.8 Å². The summed E-state index contributed by atoms with van der Waals surface area (Å²) in [6.45, 7) is 2.90. The van der Waals surface area contributed by atoms with Crippen molar-refractivity contribution in [1.29, 1.82) is 0 Å². The fraction of sp³-hybridized carbons (Fsp3) is 1.00. The molecule has 104 valence electrons. The first kappa shape index (κ1) is 12.9. The van der Waals surface area contributed by atoms with Crippen LogP contribution in [0.3, 0.4) is 0 Å². The highest BCUT2D eigenvalue weighted by molar-refractivity contribution is 7.94. The van der Waals surface area contributed by atoms with E-state index in [1.807, 2.05) is 0 Å². The van der Waals surface area contributed by atoms with Gasteiger partial charge in [0.05, 0.1) is 4.75 Å². The molecule has 4 bridgehead atoms. The van der Waals surface area contributed by atoms with E-state index in [1.54, 1.807) is 6.92 Å². The Morgan fingerprint density at radius 2 is 1.50 bits per heavy atom. The van der Waals surface area contributed by atoms with Crippen LogP contribution in [-0.4, -0.2) is 18.2 Å². The van der Waals surface area contributed by atoms with Crippen molar-refractivity contribution in [3.05, 3.63) is 0 Å². The van der Waals surface area contributed by atoms with Crippen LogP contribution in [0.15, 0.2) is 0 Å². The standard InChI is InChI=1S/C14H23FO2S/c1-3-13(2,15)18(16,17)14-7-10-4-11(8-14)6-12(5-10)9-14/h10-12H,3-9H2,1-2H3. The zero-order chi connectivity index (χ0) is 13.2. The molecule has 0 spiro atoms. The largest absolute Gasteiger partial charge is 0.227 e. The van der Waals surface area contributed by atoms with Gasteiger partial charge in [-0.15, -0.1) is 0 Å². The van der Waals surface area contributed by atoms with Gasteiger partial charge in [0.1, 0.15) is 0 Å². The summed E-state index contributed by atoms with van der Waals surface area (Å²) >= 11 is 0. The normalized spacial score (nSPS) is 46.1. The molecule has 0 aromatic carbocycles. The summed E-state index contributed by atoms with van der Waals surface area (Å²) in [6.07, 6.45) is 5.79. The van der Waals surface area contributed by atoms with Gasteiger partial charge in [-0.3, -0.25) is 0 Å². The van der Waals surface area contributed by atoms with Gasteiger partial charge in [-0.2, -0.15) is 0 Å². The van der Waals surface area contributed by atoms with E-state index >= 15 is 0 Å². The molecule has 0 saturated heterocycles. The average molecular weight is 274 g/mol. The molecule has 1 unspecified atom stereocenters. The van der Waals surface area contributed by atoms with E-state index in [0.717, 1.165) is 19.3 Å². The average Bonchev–Trinajstić information content (AvgIpc) is 2.26. The monoisotopic (exact) mass is 274 g/mol. The highest BCUT2D eigenvalue weighted by Gasteiger charge is 2.61. The Labute approximate surface area is 109 Å². The predicted octanol–water partition coefficient (Wildman–Crippen LogP) is 3.47. The van der Waals surface area contributed by atoms with E-state index in [4.69, 9.17) is 0 Å². The van der Waals surface area contributed by atoms with E-state index < -0.39 is 19.6 Å².